The second-order valence-corrected chi connectivity index (χ2v) is 13.4. The van der Waals surface area contributed by atoms with Crippen molar-refractivity contribution in [1.82, 2.24) is 19.3 Å². The number of carboxylic acids is 1. The maximum absolute atomic E-state index is 10.4. The maximum Gasteiger partial charge on any atom is 0.303 e. The number of rotatable bonds is 12. The number of nitrogens with one attached hydrogen (secondary N) is 1. The molecule has 4 aliphatic heterocycles. The molecule has 4 saturated heterocycles. The zero-order valence-electron chi connectivity index (χ0n) is 19.2. The molecular weight excluding hydrogens is 500 g/mol. The molecule has 0 unspecified atom stereocenters. The Balaban J connectivity index is 0.000000179. The Labute approximate surface area is 213 Å². The van der Waals surface area contributed by atoms with Crippen molar-refractivity contribution in [1.29, 1.82) is 0 Å². The average molecular weight is 537 g/mol. The topological polar surface area (TPSA) is 71.5 Å². The van der Waals surface area contributed by atoms with E-state index in [1.165, 1.54) is 52.4 Å². The molecule has 0 radical (unpaired) electrons. The number of alkyl halides is 2. The van der Waals surface area contributed by atoms with Gasteiger partial charge < -0.3 is 15.3 Å². The van der Waals surface area contributed by atoms with Crippen molar-refractivity contribution in [3.05, 3.63) is 29.8 Å². The van der Waals surface area contributed by atoms with Crippen molar-refractivity contribution in [3.8, 4) is 0 Å². The third-order valence-corrected chi connectivity index (χ3v) is 11.3. The molecule has 7 nitrogen and oxygen atoms in total. The van der Waals surface area contributed by atoms with Crippen molar-refractivity contribution in [2.75, 3.05) is 82.1 Å². The van der Waals surface area contributed by atoms with Gasteiger partial charge in [0.2, 0.25) is 0 Å². The zero-order chi connectivity index (χ0) is 23.7. The number of carboxylic acid groups (broad SMARTS) is 1. The molecule has 33 heavy (non-hydrogen) atoms. The van der Waals surface area contributed by atoms with Crippen LogP contribution < -0.4 is 10.2 Å². The summed E-state index contributed by atoms with van der Waals surface area (Å²) in [5, 5.41) is 11.6. The van der Waals surface area contributed by atoms with Gasteiger partial charge in [0.1, 0.15) is 6.49 Å². The average Bonchev–Trinajstić information content (AvgIpc) is 3.64. The van der Waals surface area contributed by atoms with Crippen LogP contribution in [0.1, 0.15) is 18.4 Å². The SMILES string of the molecule is C1CN1.O=C(O)CCCc1ccc(N(CCCl)CCCl)cc1.S=P(N1CC1)(N1CC1)N1CC1. The van der Waals surface area contributed by atoms with Crippen LogP contribution in [0.25, 0.3) is 0 Å². The minimum atomic E-state index is -1.27. The largest absolute Gasteiger partial charge is 0.481 e. The van der Waals surface area contributed by atoms with E-state index in [0.29, 0.717) is 18.2 Å². The first-order chi connectivity index (χ1) is 16.0. The number of anilines is 1. The summed E-state index contributed by atoms with van der Waals surface area (Å²) in [5.74, 6) is 0.390. The van der Waals surface area contributed by atoms with E-state index in [1.807, 2.05) is 24.3 Å². The van der Waals surface area contributed by atoms with Gasteiger partial charge in [0.15, 0.2) is 0 Å². The van der Waals surface area contributed by atoms with Crippen LogP contribution in [-0.4, -0.2) is 102 Å². The molecule has 0 saturated carbocycles. The Morgan fingerprint density at radius 3 is 1.76 bits per heavy atom. The van der Waals surface area contributed by atoms with Gasteiger partial charge in [-0.2, -0.15) is 0 Å². The van der Waals surface area contributed by atoms with Crippen LogP contribution in [0.4, 0.5) is 5.69 Å². The van der Waals surface area contributed by atoms with Gasteiger partial charge in [-0.1, -0.05) is 12.1 Å². The Hall–Kier alpha value is -0.440. The molecule has 11 heteroatoms. The van der Waals surface area contributed by atoms with Gasteiger partial charge in [-0.05, 0) is 42.3 Å². The van der Waals surface area contributed by atoms with Crippen LogP contribution in [0.5, 0.6) is 0 Å². The van der Waals surface area contributed by atoms with E-state index < -0.39 is 12.5 Å². The van der Waals surface area contributed by atoms with E-state index >= 15 is 0 Å². The fourth-order valence-corrected chi connectivity index (χ4v) is 8.13. The summed E-state index contributed by atoms with van der Waals surface area (Å²) in [6.07, 6.45) is 1.67. The number of benzene rings is 1. The highest BCUT2D eigenvalue weighted by Crippen LogP contribution is 2.65. The number of hydrogen-bond donors (Lipinski definition) is 2. The van der Waals surface area contributed by atoms with Crippen molar-refractivity contribution in [2.45, 2.75) is 19.3 Å². The fraction of sp³-hybridized carbons (Fsp3) is 0.682. The van der Waals surface area contributed by atoms with Crippen molar-refractivity contribution in [3.63, 3.8) is 0 Å². The summed E-state index contributed by atoms with van der Waals surface area (Å²) in [6, 6.07) is 8.14. The predicted octanol–water partition coefficient (Wildman–Crippen LogP) is 3.13. The first kappa shape index (κ1) is 27.2. The second kappa shape index (κ2) is 13.6. The Morgan fingerprint density at radius 2 is 1.42 bits per heavy atom. The number of nitrogens with zero attached hydrogens (tertiary/aromatic N) is 4. The number of aryl methyl sites for hydroxylation is 1. The molecule has 4 fully saturated rings. The maximum atomic E-state index is 10.4. The summed E-state index contributed by atoms with van der Waals surface area (Å²) in [5.41, 5.74) is 2.25. The van der Waals surface area contributed by atoms with Crippen LogP contribution in [0.15, 0.2) is 24.3 Å². The number of carbonyl (C=O) groups is 1. The lowest BCUT2D eigenvalue weighted by atomic mass is 10.1. The Morgan fingerprint density at radius 1 is 0.970 bits per heavy atom. The van der Waals surface area contributed by atoms with Crippen LogP contribution in [-0.2, 0) is 23.0 Å². The minimum absolute atomic E-state index is 0.215. The van der Waals surface area contributed by atoms with E-state index in [-0.39, 0.29) is 6.42 Å². The van der Waals surface area contributed by atoms with Gasteiger partial charge in [0.25, 0.3) is 0 Å². The minimum Gasteiger partial charge on any atom is -0.481 e. The molecule has 1 aromatic carbocycles. The van der Waals surface area contributed by atoms with Crippen LogP contribution >= 0.6 is 29.7 Å². The van der Waals surface area contributed by atoms with Gasteiger partial charge in [0, 0.05) is 89.3 Å². The van der Waals surface area contributed by atoms with E-state index in [2.05, 4.69) is 24.2 Å². The molecule has 5 rings (SSSR count). The highest BCUT2D eigenvalue weighted by molar-refractivity contribution is 8.11. The van der Waals surface area contributed by atoms with Gasteiger partial charge in [-0.15, -0.1) is 23.2 Å². The summed E-state index contributed by atoms with van der Waals surface area (Å²) in [4.78, 5) is 12.6. The molecule has 186 valence electrons. The summed E-state index contributed by atoms with van der Waals surface area (Å²) in [7, 11) is 0. The standard InChI is InChI=1S/C14H19Cl2NO2.C6H12N3PS.C2H5N/c15-8-10-17(11-9-16)13-6-4-12(5-7-13)2-1-3-14(18)19;11-10(7-1-2-7,8-3-4-8)9-5-6-9;1-2-3-1/h4-7H,1-3,8-11H2,(H,18,19);1-6H2;3H,1-2H2. The van der Waals surface area contributed by atoms with E-state index in [0.717, 1.165) is 30.8 Å². The molecule has 0 atom stereocenters. The Bertz CT molecular complexity index is 743. The highest BCUT2D eigenvalue weighted by atomic mass is 35.5. The van der Waals surface area contributed by atoms with E-state index in [9.17, 15) is 4.79 Å². The van der Waals surface area contributed by atoms with Crippen molar-refractivity contribution in [2.24, 2.45) is 0 Å². The molecule has 4 heterocycles. The predicted molar refractivity (Wildman–Crippen MR) is 143 cm³/mol. The molecule has 4 aliphatic rings. The highest BCUT2D eigenvalue weighted by Gasteiger charge is 2.50. The van der Waals surface area contributed by atoms with Crippen LogP contribution in [0.2, 0.25) is 0 Å². The van der Waals surface area contributed by atoms with Crippen molar-refractivity contribution < 1.29 is 9.90 Å². The molecule has 0 aromatic heterocycles. The lowest BCUT2D eigenvalue weighted by Crippen LogP contribution is -2.27. The Kier molecular flexibility index (Phi) is 11.2. The van der Waals surface area contributed by atoms with E-state index in [1.54, 1.807) is 0 Å². The third kappa shape index (κ3) is 9.61. The van der Waals surface area contributed by atoms with Gasteiger partial charge in [-0.25, -0.2) is 14.0 Å². The van der Waals surface area contributed by atoms with Crippen LogP contribution in [0, 0.1) is 0 Å². The summed E-state index contributed by atoms with van der Waals surface area (Å²) in [6.45, 7) is 10.3. The van der Waals surface area contributed by atoms with E-state index in [4.69, 9.17) is 40.1 Å². The molecule has 2 N–H and O–H groups in total. The lowest BCUT2D eigenvalue weighted by Gasteiger charge is -2.25. The quantitative estimate of drug-likeness (QED) is 0.240. The number of aliphatic carboxylic acids is 1. The third-order valence-electron chi connectivity index (χ3n) is 5.49. The molecular formula is C22H36Cl2N5O2PS. The van der Waals surface area contributed by atoms with Gasteiger partial charge in [0.05, 0.1) is 0 Å². The zero-order valence-corrected chi connectivity index (χ0v) is 22.4. The first-order valence-electron chi connectivity index (χ1n) is 11.7. The van der Waals surface area contributed by atoms with Gasteiger partial charge in [-0.3, -0.25) is 4.79 Å². The number of halogens is 2. The van der Waals surface area contributed by atoms with Crippen LogP contribution in [0.3, 0.4) is 0 Å². The molecule has 0 amide bonds. The molecule has 0 spiro atoms. The number of hydrogen-bond acceptors (Lipinski definition) is 4. The monoisotopic (exact) mass is 535 g/mol. The smallest absolute Gasteiger partial charge is 0.303 e. The molecule has 1 aromatic rings. The summed E-state index contributed by atoms with van der Waals surface area (Å²) < 4.78 is 7.47. The fourth-order valence-electron chi connectivity index (χ4n) is 3.34. The molecule has 0 bridgehead atoms. The molecule has 0 aliphatic carbocycles. The lowest BCUT2D eigenvalue weighted by molar-refractivity contribution is -0.137. The summed E-state index contributed by atoms with van der Waals surface area (Å²) >= 11 is 17.3. The van der Waals surface area contributed by atoms with Gasteiger partial charge >= 0.3 is 5.97 Å². The first-order valence-corrected chi connectivity index (χ1v) is 15.5. The van der Waals surface area contributed by atoms with Crippen molar-refractivity contribution >= 4 is 53.2 Å². The second-order valence-electron chi connectivity index (χ2n) is 8.40. The normalized spacial score (nSPS) is 19.0.